The van der Waals surface area contributed by atoms with Gasteiger partial charge in [0.15, 0.2) is 0 Å². The van der Waals surface area contributed by atoms with Gasteiger partial charge in [-0.25, -0.2) is 17.5 Å². The number of hydrogen-bond donors (Lipinski definition) is 2. The Morgan fingerprint density at radius 2 is 1.95 bits per heavy atom. The maximum absolute atomic E-state index is 13.0. The highest BCUT2D eigenvalue weighted by Crippen LogP contribution is 2.18. The second kappa shape index (κ2) is 6.21. The number of sulfonamides is 1. The number of nitrogens with one attached hydrogen (secondary N) is 1. The van der Waals surface area contributed by atoms with Gasteiger partial charge in [-0.15, -0.1) is 0 Å². The van der Waals surface area contributed by atoms with Gasteiger partial charge in [-0.05, 0) is 18.2 Å². The minimum absolute atomic E-state index is 0.105. The summed E-state index contributed by atoms with van der Waals surface area (Å²) in [6.45, 7) is -1.83. The van der Waals surface area contributed by atoms with Crippen LogP contribution in [0.25, 0.3) is 0 Å². The van der Waals surface area contributed by atoms with Crippen LogP contribution in [0.15, 0.2) is 23.1 Å². The molecule has 0 bridgehead atoms. The van der Waals surface area contributed by atoms with Gasteiger partial charge in [-0.2, -0.15) is 13.2 Å². The topological polar surface area (TPSA) is 72.2 Å². The smallest absolute Gasteiger partial charge is 0.320 e. The maximum atomic E-state index is 13.0. The highest BCUT2D eigenvalue weighted by atomic mass is 32.2. The molecule has 1 aromatic rings. The highest BCUT2D eigenvalue weighted by molar-refractivity contribution is 7.89. The maximum Gasteiger partial charge on any atom is 0.402 e. The molecule has 0 radical (unpaired) electrons. The Morgan fingerprint density at radius 3 is 2.50 bits per heavy atom. The molecule has 1 aromatic carbocycles. The van der Waals surface area contributed by atoms with Crippen molar-refractivity contribution in [3.8, 4) is 11.8 Å². The van der Waals surface area contributed by atoms with Crippen LogP contribution < -0.4 is 10.5 Å². The second-order valence-electron chi connectivity index (χ2n) is 3.59. The molecule has 0 heterocycles. The van der Waals surface area contributed by atoms with Crippen molar-refractivity contribution in [1.82, 2.24) is 4.72 Å². The van der Waals surface area contributed by atoms with Crippen LogP contribution in [-0.2, 0) is 10.0 Å². The Hall–Kier alpha value is -1.63. The third-order valence-corrected chi connectivity index (χ3v) is 3.48. The fourth-order valence-corrected chi connectivity index (χ4v) is 2.39. The van der Waals surface area contributed by atoms with Gasteiger partial charge in [-0.3, -0.25) is 0 Å². The molecule has 1 rings (SSSR count). The van der Waals surface area contributed by atoms with Gasteiger partial charge in [-0.1, -0.05) is 11.8 Å². The van der Waals surface area contributed by atoms with Crippen molar-refractivity contribution in [2.75, 3.05) is 13.1 Å². The molecule has 0 aromatic heterocycles. The first-order valence-electron chi connectivity index (χ1n) is 5.20. The molecular formula is C11H10F4N2O2S. The first-order valence-corrected chi connectivity index (χ1v) is 6.69. The van der Waals surface area contributed by atoms with E-state index in [1.54, 1.807) is 0 Å². The van der Waals surface area contributed by atoms with E-state index in [0.717, 1.165) is 18.2 Å². The number of benzene rings is 1. The van der Waals surface area contributed by atoms with E-state index in [0.29, 0.717) is 0 Å². The van der Waals surface area contributed by atoms with E-state index in [4.69, 9.17) is 5.73 Å². The highest BCUT2D eigenvalue weighted by Gasteiger charge is 2.30. The summed E-state index contributed by atoms with van der Waals surface area (Å²) in [5.41, 5.74) is 4.85. The van der Waals surface area contributed by atoms with E-state index in [2.05, 4.69) is 11.8 Å². The van der Waals surface area contributed by atoms with Gasteiger partial charge in [0.05, 0.1) is 11.4 Å². The predicted octanol–water partition coefficient (Wildman–Crippen LogP) is 0.977. The zero-order chi connectivity index (χ0) is 15.4. The molecule has 0 aliphatic heterocycles. The number of alkyl halides is 3. The normalized spacial score (nSPS) is 11.8. The van der Waals surface area contributed by atoms with Crippen molar-refractivity contribution < 1.29 is 26.0 Å². The summed E-state index contributed by atoms with van der Waals surface area (Å²) >= 11 is 0. The van der Waals surface area contributed by atoms with Gasteiger partial charge >= 0.3 is 6.18 Å². The first kappa shape index (κ1) is 16.4. The van der Waals surface area contributed by atoms with Crippen LogP contribution in [0.1, 0.15) is 5.56 Å². The lowest BCUT2D eigenvalue weighted by molar-refractivity contribution is -0.121. The average Bonchev–Trinajstić information content (AvgIpc) is 2.33. The molecule has 0 fully saturated rings. The summed E-state index contributed by atoms with van der Waals surface area (Å²) in [5.74, 6) is 3.85. The molecule has 0 spiro atoms. The number of halogens is 4. The van der Waals surface area contributed by atoms with Crippen molar-refractivity contribution in [3.63, 3.8) is 0 Å². The van der Waals surface area contributed by atoms with Crippen molar-refractivity contribution in [2.45, 2.75) is 11.1 Å². The van der Waals surface area contributed by atoms with E-state index in [1.807, 2.05) is 0 Å². The number of hydrogen-bond acceptors (Lipinski definition) is 3. The van der Waals surface area contributed by atoms with Gasteiger partial charge in [0.25, 0.3) is 0 Å². The van der Waals surface area contributed by atoms with E-state index in [-0.39, 0.29) is 12.1 Å². The lowest BCUT2D eigenvalue weighted by Crippen LogP contribution is -2.34. The summed E-state index contributed by atoms with van der Waals surface area (Å²) in [6, 6.07) is 2.47. The van der Waals surface area contributed by atoms with Crippen LogP contribution in [-0.4, -0.2) is 27.7 Å². The van der Waals surface area contributed by atoms with Gasteiger partial charge in [0.1, 0.15) is 12.4 Å². The Morgan fingerprint density at radius 1 is 1.30 bits per heavy atom. The molecule has 0 atom stereocenters. The van der Waals surface area contributed by atoms with Crippen molar-refractivity contribution >= 4 is 10.0 Å². The monoisotopic (exact) mass is 310 g/mol. The number of nitrogens with two attached hydrogens (primary N) is 1. The average molecular weight is 310 g/mol. The van der Waals surface area contributed by atoms with Crippen molar-refractivity contribution in [3.05, 3.63) is 29.6 Å². The second-order valence-corrected chi connectivity index (χ2v) is 5.32. The first-order chi connectivity index (χ1) is 9.15. The Balaban J connectivity index is 3.18. The summed E-state index contributed by atoms with van der Waals surface area (Å²) in [6.07, 6.45) is -4.70. The van der Waals surface area contributed by atoms with E-state index >= 15 is 0 Å². The van der Waals surface area contributed by atoms with Crippen LogP contribution >= 0.6 is 0 Å². The molecule has 9 heteroatoms. The molecule has 0 aliphatic rings. The van der Waals surface area contributed by atoms with Crippen LogP contribution in [0.2, 0.25) is 0 Å². The zero-order valence-electron chi connectivity index (χ0n) is 9.96. The predicted molar refractivity (Wildman–Crippen MR) is 63.6 cm³/mol. The van der Waals surface area contributed by atoms with Gasteiger partial charge in [0.2, 0.25) is 10.0 Å². The fraction of sp³-hybridized carbons (Fsp3) is 0.273. The van der Waals surface area contributed by atoms with E-state index in [9.17, 15) is 26.0 Å². The van der Waals surface area contributed by atoms with Gasteiger partial charge < -0.3 is 5.73 Å². The standard InChI is InChI=1S/C11H10F4N2O2S/c12-9-3-4-10(8(6-9)2-1-5-16)20(18,19)17-7-11(13,14)15/h3-4,6,17H,5,7,16H2. The van der Waals surface area contributed by atoms with Crippen molar-refractivity contribution in [2.24, 2.45) is 5.73 Å². The molecule has 0 unspecified atom stereocenters. The molecule has 3 N–H and O–H groups in total. The van der Waals surface area contributed by atoms with E-state index < -0.39 is 33.5 Å². The minimum Gasteiger partial charge on any atom is -0.320 e. The largest absolute Gasteiger partial charge is 0.402 e. The molecule has 0 amide bonds. The van der Waals surface area contributed by atoms with Crippen LogP contribution in [0.4, 0.5) is 17.6 Å². The zero-order valence-corrected chi connectivity index (χ0v) is 10.8. The summed E-state index contributed by atoms with van der Waals surface area (Å²) in [4.78, 5) is -0.538. The quantitative estimate of drug-likeness (QED) is 0.646. The summed E-state index contributed by atoms with van der Waals surface area (Å²) in [7, 11) is -4.45. The molecule has 0 aliphatic carbocycles. The lowest BCUT2D eigenvalue weighted by atomic mass is 10.2. The summed E-state index contributed by atoms with van der Waals surface area (Å²) < 4.78 is 74.0. The molecule has 0 saturated heterocycles. The number of rotatable bonds is 3. The lowest BCUT2D eigenvalue weighted by Gasteiger charge is -2.10. The van der Waals surface area contributed by atoms with Gasteiger partial charge in [0, 0.05) is 5.56 Å². The van der Waals surface area contributed by atoms with Crippen LogP contribution in [0.3, 0.4) is 0 Å². The van der Waals surface area contributed by atoms with Crippen LogP contribution in [0.5, 0.6) is 0 Å². The molecular weight excluding hydrogens is 300 g/mol. The third-order valence-electron chi connectivity index (χ3n) is 2.02. The minimum atomic E-state index is -4.70. The Labute approximate surface area is 113 Å². The fourth-order valence-electron chi connectivity index (χ4n) is 1.24. The Bertz CT molecular complexity index is 645. The van der Waals surface area contributed by atoms with Crippen LogP contribution in [0, 0.1) is 17.7 Å². The molecule has 4 nitrogen and oxygen atoms in total. The third kappa shape index (κ3) is 4.80. The SMILES string of the molecule is NCC#Cc1cc(F)ccc1S(=O)(=O)NCC(F)(F)F. The summed E-state index contributed by atoms with van der Waals surface area (Å²) in [5, 5.41) is 0. The van der Waals surface area contributed by atoms with Crippen molar-refractivity contribution in [1.29, 1.82) is 0 Å². The Kier molecular flexibility index (Phi) is 5.10. The van der Waals surface area contributed by atoms with E-state index in [1.165, 1.54) is 4.72 Å². The molecule has 0 saturated carbocycles. The molecule has 110 valence electrons. The molecule has 20 heavy (non-hydrogen) atoms.